The largest absolute Gasteiger partial charge is 0.343 e. The molecule has 2 aliphatic rings. The molecule has 4 atom stereocenters. The number of alkyl halides is 1. The molecule has 0 radical (unpaired) electrons. The monoisotopic (exact) mass is 257 g/mol. The van der Waals surface area contributed by atoms with E-state index in [1.165, 1.54) is 0 Å². The first kappa shape index (κ1) is 12.8. The van der Waals surface area contributed by atoms with Gasteiger partial charge in [-0.3, -0.25) is 0 Å². The van der Waals surface area contributed by atoms with E-state index in [9.17, 15) is 4.39 Å². The lowest BCUT2D eigenvalue weighted by Crippen LogP contribution is -2.47. The van der Waals surface area contributed by atoms with E-state index < -0.39 is 6.17 Å². The predicted octanol–water partition coefficient (Wildman–Crippen LogP) is 2.08. The summed E-state index contributed by atoms with van der Waals surface area (Å²) in [6.07, 6.45) is 4.44. The second-order valence-corrected chi connectivity index (χ2v) is 6.00. The van der Waals surface area contributed by atoms with Crippen molar-refractivity contribution in [3.05, 3.63) is 24.7 Å². The Kier molecular flexibility index (Phi) is 3.68. The molecule has 17 heavy (non-hydrogen) atoms. The van der Waals surface area contributed by atoms with Crippen molar-refractivity contribution in [1.82, 2.24) is 9.80 Å². The van der Waals surface area contributed by atoms with Crippen LogP contribution in [0.3, 0.4) is 0 Å². The molecule has 5 heteroatoms. The average molecular weight is 257 g/mol. The number of hydrogen-bond acceptors (Lipinski definition) is 4. The van der Waals surface area contributed by atoms with Crippen LogP contribution in [-0.2, 0) is 0 Å². The van der Waals surface area contributed by atoms with Crippen LogP contribution in [0.1, 0.15) is 19.8 Å². The van der Waals surface area contributed by atoms with Gasteiger partial charge in [0.1, 0.15) is 17.4 Å². The van der Waals surface area contributed by atoms with Crippen molar-refractivity contribution < 1.29 is 4.39 Å². The van der Waals surface area contributed by atoms with E-state index in [2.05, 4.69) is 13.5 Å². The normalized spacial score (nSPS) is 38.0. The Hall–Kier alpha value is -0.680. The van der Waals surface area contributed by atoms with E-state index in [4.69, 9.17) is 5.73 Å². The van der Waals surface area contributed by atoms with E-state index >= 15 is 0 Å². The molecule has 2 N–H and O–H groups in total. The van der Waals surface area contributed by atoms with E-state index in [0.717, 1.165) is 12.2 Å². The zero-order valence-electron chi connectivity index (χ0n) is 10.3. The molecule has 3 nitrogen and oxygen atoms in total. The van der Waals surface area contributed by atoms with Crippen molar-refractivity contribution in [2.24, 2.45) is 5.73 Å². The van der Waals surface area contributed by atoms with Gasteiger partial charge < -0.3 is 15.5 Å². The van der Waals surface area contributed by atoms with Gasteiger partial charge in [-0.1, -0.05) is 13.5 Å². The Morgan fingerprint density at radius 2 is 2.35 bits per heavy atom. The number of nitrogens with zero attached hydrogens (tertiary/aromatic N) is 2. The highest BCUT2D eigenvalue weighted by Crippen LogP contribution is 2.41. The second kappa shape index (κ2) is 4.90. The number of nitrogens with two attached hydrogens (primary N) is 1. The highest BCUT2D eigenvalue weighted by molar-refractivity contribution is 8.00. The quantitative estimate of drug-likeness (QED) is 0.821. The second-order valence-electron chi connectivity index (χ2n) is 4.58. The van der Waals surface area contributed by atoms with Crippen LogP contribution in [0.15, 0.2) is 24.7 Å². The summed E-state index contributed by atoms with van der Waals surface area (Å²) in [7, 11) is 1.88. The summed E-state index contributed by atoms with van der Waals surface area (Å²) < 4.78 is 14.0. The Morgan fingerprint density at radius 1 is 1.65 bits per heavy atom. The maximum Gasteiger partial charge on any atom is 0.131 e. The van der Waals surface area contributed by atoms with Crippen LogP contribution in [0.4, 0.5) is 4.39 Å². The van der Waals surface area contributed by atoms with Gasteiger partial charge in [-0.25, -0.2) is 4.39 Å². The van der Waals surface area contributed by atoms with Crippen LogP contribution < -0.4 is 5.73 Å². The van der Waals surface area contributed by atoms with Gasteiger partial charge in [-0.05, 0) is 18.9 Å². The first-order valence-electron chi connectivity index (χ1n) is 5.98. The Balaban J connectivity index is 2.13. The first-order chi connectivity index (χ1) is 8.04. The van der Waals surface area contributed by atoms with Crippen LogP contribution in [0.5, 0.6) is 0 Å². The lowest BCUT2D eigenvalue weighted by molar-refractivity contribution is 0.179. The molecule has 0 spiro atoms. The molecular formula is C12H20FN3S. The van der Waals surface area contributed by atoms with Crippen molar-refractivity contribution in [2.45, 2.75) is 42.7 Å². The van der Waals surface area contributed by atoms with Gasteiger partial charge in [0.15, 0.2) is 0 Å². The number of rotatable bonds is 2. The average Bonchev–Trinajstić information content (AvgIpc) is 2.68. The molecule has 1 saturated heterocycles. The lowest BCUT2D eigenvalue weighted by Gasteiger charge is -2.40. The highest BCUT2D eigenvalue weighted by atomic mass is 32.2. The third kappa shape index (κ3) is 2.31. The van der Waals surface area contributed by atoms with Crippen LogP contribution in [0, 0.1) is 0 Å². The fourth-order valence-corrected chi connectivity index (χ4v) is 3.68. The molecular weight excluding hydrogens is 237 g/mol. The van der Waals surface area contributed by atoms with Crippen LogP contribution in [0.2, 0.25) is 0 Å². The topological polar surface area (TPSA) is 32.5 Å². The fourth-order valence-electron chi connectivity index (χ4n) is 2.19. The van der Waals surface area contributed by atoms with Crippen molar-refractivity contribution >= 4 is 11.8 Å². The third-order valence-electron chi connectivity index (χ3n) is 3.46. The van der Waals surface area contributed by atoms with Gasteiger partial charge in [0.05, 0.1) is 6.17 Å². The summed E-state index contributed by atoms with van der Waals surface area (Å²) in [4.78, 5) is 3.78. The van der Waals surface area contributed by atoms with Crippen LogP contribution in [-0.4, -0.2) is 39.8 Å². The third-order valence-corrected chi connectivity index (χ3v) is 5.17. The van der Waals surface area contributed by atoms with E-state index in [-0.39, 0.29) is 11.5 Å². The number of halogens is 1. The molecule has 0 amide bonds. The Morgan fingerprint density at radius 3 is 2.94 bits per heavy atom. The predicted molar refractivity (Wildman–Crippen MR) is 70.8 cm³/mol. The summed E-state index contributed by atoms with van der Waals surface area (Å²) in [6.45, 7) is 6.10. The van der Waals surface area contributed by atoms with Crippen molar-refractivity contribution in [3.8, 4) is 0 Å². The zero-order valence-corrected chi connectivity index (χ0v) is 11.2. The number of likely N-dealkylation sites (N-methyl/N-ethyl adjacent to an activating group) is 1. The highest BCUT2D eigenvalue weighted by Gasteiger charge is 2.39. The Bertz CT molecular complexity index is 334. The van der Waals surface area contributed by atoms with Gasteiger partial charge in [-0.2, -0.15) is 0 Å². The van der Waals surface area contributed by atoms with Crippen molar-refractivity contribution in [1.29, 1.82) is 0 Å². The van der Waals surface area contributed by atoms with Gasteiger partial charge in [0.25, 0.3) is 0 Å². The summed E-state index contributed by atoms with van der Waals surface area (Å²) in [5.74, 6) is 0.775. The maximum atomic E-state index is 14.0. The molecule has 96 valence electrons. The molecule has 0 bridgehead atoms. The molecule has 0 saturated carbocycles. The first-order valence-corrected chi connectivity index (χ1v) is 6.92. The molecule has 0 aromatic carbocycles. The molecule has 0 aromatic heterocycles. The maximum absolute atomic E-state index is 14.0. The molecule has 1 fully saturated rings. The zero-order chi connectivity index (χ0) is 12.6. The van der Waals surface area contributed by atoms with Crippen molar-refractivity contribution in [3.63, 3.8) is 0 Å². The minimum atomic E-state index is -0.797. The minimum Gasteiger partial charge on any atom is -0.343 e. The molecule has 2 heterocycles. The van der Waals surface area contributed by atoms with Crippen molar-refractivity contribution in [2.75, 3.05) is 7.05 Å². The van der Waals surface area contributed by atoms with E-state index in [0.29, 0.717) is 11.7 Å². The van der Waals surface area contributed by atoms with Crippen LogP contribution >= 0.6 is 11.8 Å². The summed E-state index contributed by atoms with van der Waals surface area (Å²) in [5.41, 5.74) is 5.87. The SMILES string of the molecule is C=C1N(C)C(N)C=CN1C1SC(CC)CC1F. The smallest absolute Gasteiger partial charge is 0.131 e. The van der Waals surface area contributed by atoms with Crippen LogP contribution in [0.25, 0.3) is 0 Å². The number of thioether (sulfide) groups is 1. The van der Waals surface area contributed by atoms with Gasteiger partial charge in [0.2, 0.25) is 0 Å². The number of hydrogen-bond donors (Lipinski definition) is 1. The summed E-state index contributed by atoms with van der Waals surface area (Å²) in [5, 5.41) is 0.260. The lowest BCUT2D eigenvalue weighted by atomic mass is 10.1. The fraction of sp³-hybridized carbons (Fsp3) is 0.667. The molecule has 0 aromatic rings. The standard InChI is InChI=1S/C12H20FN3S/c1-4-9-7-10(13)12(17-9)16-6-5-11(14)15(3)8(16)2/h5-6,9-12H,2,4,7,14H2,1,3H3. The molecule has 4 unspecified atom stereocenters. The molecule has 2 rings (SSSR count). The van der Waals surface area contributed by atoms with Gasteiger partial charge in [-0.15, -0.1) is 11.8 Å². The molecule has 2 aliphatic heterocycles. The summed E-state index contributed by atoms with van der Waals surface area (Å²) in [6, 6.07) is 0. The minimum absolute atomic E-state index is 0.154. The van der Waals surface area contributed by atoms with Gasteiger partial charge in [0, 0.05) is 18.5 Å². The van der Waals surface area contributed by atoms with E-state index in [1.54, 1.807) is 11.8 Å². The summed E-state index contributed by atoms with van der Waals surface area (Å²) >= 11 is 1.70. The Labute approximate surface area is 107 Å². The van der Waals surface area contributed by atoms with Gasteiger partial charge >= 0.3 is 0 Å². The van der Waals surface area contributed by atoms with E-state index in [1.807, 2.05) is 29.1 Å². The molecule has 0 aliphatic carbocycles.